The molecule has 0 fully saturated rings. The van der Waals surface area contributed by atoms with Gasteiger partial charge in [0.1, 0.15) is 18.1 Å². The quantitative estimate of drug-likeness (QED) is 0.161. The molecule has 200 valence electrons. The fraction of sp³-hybridized carbons (Fsp3) is 0.206. The van der Waals surface area contributed by atoms with Crippen LogP contribution in [0.25, 0.3) is 33.1 Å². The normalized spacial score (nSPS) is 11.4. The minimum Gasteiger partial charge on any atom is -0.494 e. The van der Waals surface area contributed by atoms with Crippen LogP contribution in [0.1, 0.15) is 43.4 Å². The largest absolute Gasteiger partial charge is 0.494 e. The second-order valence-corrected chi connectivity index (χ2v) is 9.80. The monoisotopic (exact) mass is 529 g/mol. The summed E-state index contributed by atoms with van der Waals surface area (Å²) in [5.41, 5.74) is 3.86. The maximum atomic E-state index is 13.9. The fourth-order valence-corrected chi connectivity index (χ4v) is 4.85. The van der Waals surface area contributed by atoms with Gasteiger partial charge in [0.2, 0.25) is 0 Å². The molecule has 0 unspecified atom stereocenters. The first-order chi connectivity index (χ1) is 19.4. The molecule has 0 radical (unpaired) electrons. The van der Waals surface area contributed by atoms with Crippen molar-refractivity contribution in [2.24, 2.45) is 5.10 Å². The summed E-state index contributed by atoms with van der Waals surface area (Å²) in [6, 6.07) is 23.2. The lowest BCUT2D eigenvalue weighted by atomic mass is 9.96. The summed E-state index contributed by atoms with van der Waals surface area (Å²) in [5.74, 6) is 4.60. The van der Waals surface area contributed by atoms with Crippen LogP contribution in [0.15, 0.2) is 82.7 Å². The first-order valence-corrected chi connectivity index (χ1v) is 13.3. The highest BCUT2D eigenvalue weighted by atomic mass is 16.5. The van der Waals surface area contributed by atoms with E-state index in [1.54, 1.807) is 12.3 Å². The number of benzene rings is 4. The molecule has 0 N–H and O–H groups in total. The highest BCUT2D eigenvalue weighted by molar-refractivity contribution is 6.02. The van der Waals surface area contributed by atoms with E-state index in [1.165, 1.54) is 4.68 Å². The van der Waals surface area contributed by atoms with Crippen molar-refractivity contribution in [1.29, 1.82) is 0 Å². The average molecular weight is 530 g/mol. The van der Waals surface area contributed by atoms with E-state index in [1.807, 2.05) is 74.5 Å². The number of aryl methyl sites for hydroxylation is 1. The van der Waals surface area contributed by atoms with E-state index in [9.17, 15) is 4.79 Å². The van der Waals surface area contributed by atoms with Crippen molar-refractivity contribution >= 4 is 27.9 Å². The van der Waals surface area contributed by atoms with Gasteiger partial charge in [-0.2, -0.15) is 9.78 Å². The van der Waals surface area contributed by atoms with Crippen molar-refractivity contribution < 1.29 is 9.47 Å². The van der Waals surface area contributed by atoms with Gasteiger partial charge in [-0.25, -0.2) is 4.98 Å². The summed E-state index contributed by atoms with van der Waals surface area (Å²) in [5, 5.41) is 7.19. The van der Waals surface area contributed by atoms with Gasteiger partial charge in [-0.1, -0.05) is 62.2 Å². The zero-order valence-corrected chi connectivity index (χ0v) is 23.1. The summed E-state index contributed by atoms with van der Waals surface area (Å²) in [7, 11) is 0. The van der Waals surface area contributed by atoms with Gasteiger partial charge in [-0.05, 0) is 72.0 Å². The third-order valence-corrected chi connectivity index (χ3v) is 6.82. The van der Waals surface area contributed by atoms with E-state index >= 15 is 0 Å². The van der Waals surface area contributed by atoms with Crippen LogP contribution in [0, 0.1) is 19.3 Å². The molecule has 0 spiro atoms. The smallest absolute Gasteiger partial charge is 0.282 e. The summed E-state index contributed by atoms with van der Waals surface area (Å²) < 4.78 is 13.2. The number of para-hydroxylation sites is 1. The molecule has 1 heterocycles. The molecule has 0 saturated carbocycles. The Morgan fingerprint density at radius 3 is 2.50 bits per heavy atom. The van der Waals surface area contributed by atoms with Gasteiger partial charge in [-0.15, -0.1) is 6.42 Å². The van der Waals surface area contributed by atoms with Crippen LogP contribution in [0.5, 0.6) is 11.5 Å². The summed E-state index contributed by atoms with van der Waals surface area (Å²) >= 11 is 0. The van der Waals surface area contributed by atoms with E-state index in [2.05, 4.69) is 25.8 Å². The molecule has 0 aliphatic heterocycles. The van der Waals surface area contributed by atoms with Crippen molar-refractivity contribution in [3.63, 3.8) is 0 Å². The molecule has 0 atom stereocenters. The molecule has 0 bridgehead atoms. The number of hydrogen-bond acceptors (Lipinski definition) is 5. The molecule has 5 rings (SSSR count). The number of nitrogens with zero attached hydrogens (tertiary/aromatic N) is 3. The van der Waals surface area contributed by atoms with Crippen LogP contribution in [0.3, 0.4) is 0 Å². The molecule has 0 aliphatic rings. The van der Waals surface area contributed by atoms with Gasteiger partial charge in [-0.3, -0.25) is 4.79 Å². The molecule has 6 heteroatoms. The lowest BCUT2D eigenvalue weighted by molar-refractivity contribution is 0.335. The molecular weight excluding hydrogens is 498 g/mol. The van der Waals surface area contributed by atoms with E-state index in [0.29, 0.717) is 29.1 Å². The van der Waals surface area contributed by atoms with Crippen molar-refractivity contribution in [3.05, 3.63) is 99.8 Å². The Hall–Kier alpha value is -4.89. The molecule has 0 aliphatic carbocycles. The molecule has 0 saturated heterocycles. The summed E-state index contributed by atoms with van der Waals surface area (Å²) in [4.78, 5) is 18.8. The molecule has 1 aromatic heterocycles. The van der Waals surface area contributed by atoms with Gasteiger partial charge >= 0.3 is 0 Å². The van der Waals surface area contributed by atoms with Crippen molar-refractivity contribution in [3.8, 4) is 35.2 Å². The maximum absolute atomic E-state index is 13.9. The number of rotatable bonds is 8. The van der Waals surface area contributed by atoms with Crippen molar-refractivity contribution in [2.45, 2.75) is 33.6 Å². The third kappa shape index (κ3) is 5.06. The molecule has 0 amide bonds. The SMILES string of the molecule is C#CCOc1ccc2ccccc2c1C=Nn1c(-c2cc(C(C)C)c(OCC)cc2C)nc2ccccc2c1=O. The zero-order valence-electron chi connectivity index (χ0n) is 23.1. The van der Waals surface area contributed by atoms with Gasteiger partial charge in [0.25, 0.3) is 5.56 Å². The van der Waals surface area contributed by atoms with Gasteiger partial charge in [0.05, 0.1) is 23.7 Å². The standard InChI is InChI=1S/C34H31N3O3/c1-6-18-40-31-17-16-24-12-8-9-13-25(24)29(31)21-35-37-33(36-30-15-11-10-14-26(30)34(37)38)28-20-27(22(3)4)32(39-7-2)19-23(28)5/h1,8-17,19-22H,7,18H2,2-5H3. The van der Waals surface area contributed by atoms with Crippen LogP contribution in [-0.2, 0) is 0 Å². The van der Waals surface area contributed by atoms with Crippen LogP contribution < -0.4 is 15.0 Å². The predicted molar refractivity (Wildman–Crippen MR) is 163 cm³/mol. The van der Waals surface area contributed by atoms with E-state index in [-0.39, 0.29) is 18.1 Å². The lowest BCUT2D eigenvalue weighted by Crippen LogP contribution is -2.21. The van der Waals surface area contributed by atoms with Crippen LogP contribution >= 0.6 is 0 Å². The van der Waals surface area contributed by atoms with Crippen LogP contribution in [0.2, 0.25) is 0 Å². The molecule has 40 heavy (non-hydrogen) atoms. The Morgan fingerprint density at radius 2 is 1.75 bits per heavy atom. The lowest BCUT2D eigenvalue weighted by Gasteiger charge is -2.18. The second kappa shape index (κ2) is 11.5. The minimum atomic E-state index is -0.262. The van der Waals surface area contributed by atoms with E-state index in [0.717, 1.165) is 38.8 Å². The molecule has 6 nitrogen and oxygen atoms in total. The second-order valence-electron chi connectivity index (χ2n) is 9.80. The Morgan fingerprint density at radius 1 is 1.00 bits per heavy atom. The van der Waals surface area contributed by atoms with Gasteiger partial charge in [0.15, 0.2) is 5.82 Å². The highest BCUT2D eigenvalue weighted by Crippen LogP contribution is 2.34. The van der Waals surface area contributed by atoms with E-state index < -0.39 is 0 Å². The van der Waals surface area contributed by atoms with Crippen LogP contribution in [0.4, 0.5) is 0 Å². The number of fused-ring (bicyclic) bond motifs is 2. The van der Waals surface area contributed by atoms with Crippen molar-refractivity contribution in [1.82, 2.24) is 9.66 Å². The Balaban J connectivity index is 1.77. The van der Waals surface area contributed by atoms with Gasteiger partial charge in [0, 0.05) is 11.1 Å². The maximum Gasteiger partial charge on any atom is 0.282 e. The minimum absolute atomic E-state index is 0.116. The highest BCUT2D eigenvalue weighted by Gasteiger charge is 2.19. The Bertz CT molecular complexity index is 1840. The Labute approximate surface area is 233 Å². The predicted octanol–water partition coefficient (Wildman–Crippen LogP) is 6.94. The number of aromatic nitrogens is 2. The fourth-order valence-electron chi connectivity index (χ4n) is 4.85. The van der Waals surface area contributed by atoms with Crippen LogP contribution in [-0.4, -0.2) is 29.1 Å². The topological polar surface area (TPSA) is 65.7 Å². The zero-order chi connectivity index (χ0) is 28.2. The molecule has 4 aromatic carbocycles. The molecular formula is C34H31N3O3. The summed E-state index contributed by atoms with van der Waals surface area (Å²) in [6.45, 7) is 8.89. The third-order valence-electron chi connectivity index (χ3n) is 6.82. The number of hydrogen-bond donors (Lipinski definition) is 0. The first-order valence-electron chi connectivity index (χ1n) is 13.3. The average Bonchev–Trinajstić information content (AvgIpc) is 2.96. The summed E-state index contributed by atoms with van der Waals surface area (Å²) in [6.07, 6.45) is 7.12. The van der Waals surface area contributed by atoms with E-state index in [4.69, 9.17) is 26.0 Å². The number of ether oxygens (including phenoxy) is 2. The Kier molecular flexibility index (Phi) is 7.65. The molecule has 5 aromatic rings. The first kappa shape index (κ1) is 26.7. The van der Waals surface area contributed by atoms with Gasteiger partial charge < -0.3 is 9.47 Å². The number of terminal acetylenes is 1. The van der Waals surface area contributed by atoms with Crippen molar-refractivity contribution in [2.75, 3.05) is 13.2 Å².